The molecule has 4 rings (SSSR count). The third-order valence-corrected chi connectivity index (χ3v) is 8.55. The molecule has 1 N–H and O–H groups in total. The highest BCUT2D eigenvalue weighted by Gasteiger charge is 2.33. The van der Waals surface area contributed by atoms with Crippen molar-refractivity contribution in [1.29, 1.82) is 5.26 Å². The lowest BCUT2D eigenvalue weighted by Gasteiger charge is -2.30. The summed E-state index contributed by atoms with van der Waals surface area (Å²) in [5.41, 5.74) is 1.97. The number of para-hydroxylation sites is 1. The predicted octanol–water partition coefficient (Wildman–Crippen LogP) is 3.71. The molecule has 1 aromatic heterocycles. The molecule has 0 unspecified atom stereocenters. The van der Waals surface area contributed by atoms with Crippen LogP contribution in [0.3, 0.4) is 0 Å². The summed E-state index contributed by atoms with van der Waals surface area (Å²) >= 11 is 0. The number of benzene rings is 2. The molecule has 0 spiro atoms. The van der Waals surface area contributed by atoms with Crippen LogP contribution in [0.15, 0.2) is 83.9 Å². The van der Waals surface area contributed by atoms with E-state index >= 15 is 0 Å². The molecule has 212 valence electrons. The number of ether oxygens (including phenoxy) is 1. The minimum absolute atomic E-state index is 0.0815. The van der Waals surface area contributed by atoms with Crippen molar-refractivity contribution in [3.8, 4) is 23.0 Å². The number of carbonyl (C=O) groups is 2. The van der Waals surface area contributed by atoms with Crippen molar-refractivity contribution < 1.29 is 22.7 Å². The second kappa shape index (κ2) is 13.2. The summed E-state index contributed by atoms with van der Waals surface area (Å²) in [6, 6.07) is 17.6. The number of piperidine rings is 1. The predicted molar refractivity (Wildman–Crippen MR) is 154 cm³/mol. The second-order valence-corrected chi connectivity index (χ2v) is 11.3. The number of sulfonamides is 1. The summed E-state index contributed by atoms with van der Waals surface area (Å²) in [4.78, 5) is 24.7. The molecular weight excluding hydrogens is 542 g/mol. The number of hydrogen-bond acceptors (Lipinski definition) is 7. The molecule has 1 fully saturated rings. The minimum Gasteiger partial charge on any atom is -0.466 e. The van der Waals surface area contributed by atoms with Gasteiger partial charge in [-0.2, -0.15) is 14.7 Å². The van der Waals surface area contributed by atoms with Crippen LogP contribution < -0.4 is 5.32 Å². The highest BCUT2D eigenvalue weighted by molar-refractivity contribution is 7.89. The van der Waals surface area contributed by atoms with Crippen molar-refractivity contribution in [3.05, 3.63) is 84.6 Å². The van der Waals surface area contributed by atoms with Crippen molar-refractivity contribution in [3.63, 3.8) is 0 Å². The van der Waals surface area contributed by atoms with Crippen LogP contribution in [0, 0.1) is 17.2 Å². The van der Waals surface area contributed by atoms with Crippen molar-refractivity contribution in [2.75, 3.05) is 26.2 Å². The van der Waals surface area contributed by atoms with Gasteiger partial charge in [-0.15, -0.1) is 6.58 Å². The summed E-state index contributed by atoms with van der Waals surface area (Å²) in [6.45, 7) is 6.21. The van der Waals surface area contributed by atoms with Gasteiger partial charge in [0.25, 0.3) is 5.91 Å². The molecule has 1 aliphatic heterocycles. The molecule has 0 atom stereocenters. The van der Waals surface area contributed by atoms with E-state index in [-0.39, 0.29) is 48.6 Å². The fraction of sp³-hybridized carbons (Fsp3) is 0.267. The van der Waals surface area contributed by atoms with E-state index in [4.69, 9.17) is 9.84 Å². The Balaban J connectivity index is 1.70. The zero-order chi connectivity index (χ0) is 29.4. The molecule has 3 aromatic rings. The number of amides is 1. The third kappa shape index (κ3) is 6.80. The van der Waals surface area contributed by atoms with Gasteiger partial charge in [-0.1, -0.05) is 36.4 Å². The van der Waals surface area contributed by atoms with Crippen LogP contribution in [0.2, 0.25) is 0 Å². The molecule has 1 saturated heterocycles. The number of nitrogens with zero attached hydrogens (tertiary/aromatic N) is 4. The van der Waals surface area contributed by atoms with Gasteiger partial charge in [-0.25, -0.2) is 13.1 Å². The quantitative estimate of drug-likeness (QED) is 0.169. The average molecular weight is 574 g/mol. The topological polar surface area (TPSA) is 134 Å². The summed E-state index contributed by atoms with van der Waals surface area (Å²) in [5.74, 6) is -1.17. The lowest BCUT2D eigenvalue weighted by molar-refractivity contribution is -0.149. The van der Waals surface area contributed by atoms with Crippen LogP contribution in [-0.4, -0.2) is 60.6 Å². The van der Waals surface area contributed by atoms with Gasteiger partial charge in [-0.3, -0.25) is 9.59 Å². The van der Waals surface area contributed by atoms with Gasteiger partial charge in [0.1, 0.15) is 17.3 Å². The first kappa shape index (κ1) is 29.5. The third-order valence-electron chi connectivity index (χ3n) is 6.65. The molecule has 10 nitrogen and oxygen atoms in total. The second-order valence-electron chi connectivity index (χ2n) is 9.34. The van der Waals surface area contributed by atoms with E-state index in [0.29, 0.717) is 29.7 Å². The van der Waals surface area contributed by atoms with Gasteiger partial charge < -0.3 is 10.1 Å². The van der Waals surface area contributed by atoms with E-state index in [1.165, 1.54) is 28.6 Å². The van der Waals surface area contributed by atoms with Crippen LogP contribution in [-0.2, 0) is 24.3 Å². The highest BCUT2D eigenvalue weighted by Crippen LogP contribution is 2.30. The highest BCUT2D eigenvalue weighted by atomic mass is 32.2. The zero-order valence-electron chi connectivity index (χ0n) is 22.7. The number of hydrogen-bond donors (Lipinski definition) is 1. The molecular formula is C30H31N5O5S. The normalized spacial score (nSPS) is 14.7. The van der Waals surface area contributed by atoms with Crippen LogP contribution in [0.25, 0.3) is 23.0 Å². The monoisotopic (exact) mass is 573 g/mol. The smallest absolute Gasteiger partial charge is 0.309 e. The molecule has 2 heterocycles. The largest absolute Gasteiger partial charge is 0.466 e. The Bertz CT molecular complexity index is 1600. The molecule has 1 amide bonds. The number of carbonyl (C=O) groups excluding carboxylic acids is 2. The SMILES string of the molecule is C=CCNC(=O)/C(C#N)=C\c1cn(-c2ccccc2)nc1-c1cccc(S(=O)(=O)N2CCC(C(=O)OCC)CC2)c1. The first-order chi connectivity index (χ1) is 19.8. The lowest BCUT2D eigenvalue weighted by atomic mass is 9.98. The first-order valence-electron chi connectivity index (χ1n) is 13.2. The Hall–Kier alpha value is -4.53. The Morgan fingerprint density at radius 1 is 1.17 bits per heavy atom. The fourth-order valence-electron chi connectivity index (χ4n) is 4.54. The maximum atomic E-state index is 13.6. The summed E-state index contributed by atoms with van der Waals surface area (Å²) in [7, 11) is -3.86. The van der Waals surface area contributed by atoms with Gasteiger partial charge in [0, 0.05) is 37.0 Å². The number of esters is 1. The maximum absolute atomic E-state index is 13.6. The Morgan fingerprint density at radius 3 is 2.56 bits per heavy atom. The maximum Gasteiger partial charge on any atom is 0.309 e. The van der Waals surface area contributed by atoms with Crippen LogP contribution in [0.4, 0.5) is 0 Å². The van der Waals surface area contributed by atoms with Gasteiger partial charge in [0.15, 0.2) is 0 Å². The van der Waals surface area contributed by atoms with Gasteiger partial charge >= 0.3 is 5.97 Å². The first-order valence-corrected chi connectivity index (χ1v) is 14.7. The van der Waals surface area contributed by atoms with E-state index in [1.54, 1.807) is 29.9 Å². The average Bonchev–Trinajstić information content (AvgIpc) is 3.43. The van der Waals surface area contributed by atoms with E-state index in [1.807, 2.05) is 36.4 Å². The number of aromatic nitrogens is 2. The summed E-state index contributed by atoms with van der Waals surface area (Å²) in [6.07, 6.45) is 5.40. The summed E-state index contributed by atoms with van der Waals surface area (Å²) < 4.78 is 35.2. The number of nitrogens with one attached hydrogen (secondary N) is 1. The molecule has 11 heteroatoms. The molecule has 2 aromatic carbocycles. The van der Waals surface area contributed by atoms with Gasteiger partial charge in [0.05, 0.1) is 23.1 Å². The van der Waals surface area contributed by atoms with Crippen molar-refractivity contribution in [1.82, 2.24) is 19.4 Å². The van der Waals surface area contributed by atoms with Crippen molar-refractivity contribution in [2.24, 2.45) is 5.92 Å². The minimum atomic E-state index is -3.86. The molecule has 41 heavy (non-hydrogen) atoms. The lowest BCUT2D eigenvalue weighted by Crippen LogP contribution is -2.40. The number of nitriles is 1. The van der Waals surface area contributed by atoms with Gasteiger partial charge in [0.2, 0.25) is 10.0 Å². The molecule has 0 bridgehead atoms. The van der Waals surface area contributed by atoms with E-state index in [9.17, 15) is 23.3 Å². The number of rotatable bonds is 10. The standard InChI is InChI=1S/C30H31N5O5S/c1-3-15-32-29(36)24(20-31)18-25-21-35(26-10-6-5-7-11-26)33-28(25)23-9-8-12-27(19-23)41(38,39)34-16-13-22(14-17-34)30(37)40-4-2/h3,5-12,18-19,21-22H,1,4,13-17H2,2H3,(H,32,36)/b24-18-. The molecule has 0 aliphatic carbocycles. The van der Waals surface area contributed by atoms with E-state index in [2.05, 4.69) is 11.9 Å². The molecule has 0 radical (unpaired) electrons. The zero-order valence-corrected chi connectivity index (χ0v) is 23.5. The van der Waals surface area contributed by atoms with E-state index < -0.39 is 15.9 Å². The Morgan fingerprint density at radius 2 is 1.90 bits per heavy atom. The molecule has 0 saturated carbocycles. The Labute approximate surface area is 239 Å². The summed E-state index contributed by atoms with van der Waals surface area (Å²) in [5, 5.41) is 17.0. The Kier molecular flexibility index (Phi) is 9.49. The molecule has 1 aliphatic rings. The van der Waals surface area contributed by atoms with Crippen molar-refractivity contribution >= 4 is 28.0 Å². The van der Waals surface area contributed by atoms with Crippen LogP contribution in [0.5, 0.6) is 0 Å². The van der Waals surface area contributed by atoms with Gasteiger partial charge in [-0.05, 0) is 50.1 Å². The van der Waals surface area contributed by atoms with E-state index in [0.717, 1.165) is 5.69 Å². The van der Waals surface area contributed by atoms with Crippen LogP contribution >= 0.6 is 0 Å². The van der Waals surface area contributed by atoms with Crippen molar-refractivity contribution in [2.45, 2.75) is 24.7 Å². The fourth-order valence-corrected chi connectivity index (χ4v) is 6.06. The van der Waals surface area contributed by atoms with Crippen LogP contribution in [0.1, 0.15) is 25.3 Å².